The highest BCUT2D eigenvalue weighted by atomic mass is 16.7. The van der Waals surface area contributed by atoms with Gasteiger partial charge in [-0.05, 0) is 54.8 Å². The Bertz CT molecular complexity index is 3050. The number of carbonyl (C=O) groups is 3. The zero-order valence-corrected chi connectivity index (χ0v) is 39.2. The second kappa shape index (κ2) is 19.8. The quantitative estimate of drug-likeness (QED) is 0.0365. The summed E-state index contributed by atoms with van der Waals surface area (Å²) in [6, 6.07) is 8.54. The molecule has 3 aliphatic rings. The van der Waals surface area contributed by atoms with Gasteiger partial charge in [-0.15, -0.1) is 5.10 Å². The lowest BCUT2D eigenvalue weighted by Crippen LogP contribution is -2.53. The minimum atomic E-state index is -2.23. The lowest BCUT2D eigenvalue weighted by molar-refractivity contribution is -0.245. The molecule has 2 aromatic heterocycles. The zero-order valence-electron chi connectivity index (χ0n) is 39.2. The summed E-state index contributed by atoms with van der Waals surface area (Å²) < 4.78 is 20.7. The number of amides is 1. The molecule has 8 rings (SSSR count). The molecule has 5 unspecified atom stereocenters. The van der Waals surface area contributed by atoms with Crippen LogP contribution in [0.5, 0.6) is 29.0 Å². The predicted octanol–water partition coefficient (Wildman–Crippen LogP) is 4.07. The molecule has 6 atom stereocenters. The Morgan fingerprint density at radius 1 is 1.07 bits per heavy atom. The highest BCUT2D eigenvalue weighted by Crippen LogP contribution is 2.51. The minimum absolute atomic E-state index is 0.0280. The number of aromatic nitrogens is 4. The number of aryl methyl sites for hydroxylation is 1. The number of ether oxygens (including phenoxy) is 3. The Balaban J connectivity index is 1.06. The number of Topliss-reactive ketones (excluding diaryl/α,β-unsaturated/α-hetero) is 2. The van der Waals surface area contributed by atoms with Crippen LogP contribution in [0.2, 0.25) is 0 Å². The standard InChI is InChI=1S/C50H55N7O14/c1-23(2)28-17-29(35(61)19-34(28)60)48-54-55-49(67)57(48)27-10-11-32-26(16-27)12-14-56(32)15-13-39(62)53-52-38(22-58)50(68)20-30-41(37(21-50)71-40-18-31(51)45(64)25(4)70-40)47(66)43-42(46(30)65)33(59)8-6-7-9-36(69-5)24(3)44(43)63/h6-7,9-12,14,16-17,19,23,25,31,37,40,45,58,60-61,64-66,68H,3,8,13,15,18,20-22,51H2,1-2,4-5H3,(H,53,62)(H,55,67)/b7-6-,36-9+,52-38+/t25?,31?,37?,40?,45?,50-/m0/s1. The molecule has 374 valence electrons. The summed E-state index contributed by atoms with van der Waals surface area (Å²) in [7, 11) is 1.31. The number of allylic oxidation sites excluding steroid dienone is 4. The van der Waals surface area contributed by atoms with E-state index in [1.165, 1.54) is 36.0 Å². The molecular formula is C50H55N7O14. The average Bonchev–Trinajstić information content (AvgIpc) is 3.92. The minimum Gasteiger partial charge on any atom is -0.508 e. The van der Waals surface area contributed by atoms with Crippen molar-refractivity contribution < 1.29 is 69.4 Å². The summed E-state index contributed by atoms with van der Waals surface area (Å²) in [5.74, 6) is -4.09. The molecule has 71 heavy (non-hydrogen) atoms. The van der Waals surface area contributed by atoms with Crippen molar-refractivity contribution in [2.24, 2.45) is 10.8 Å². The number of nitrogens with one attached hydrogen (secondary N) is 1. The number of phenols is 4. The van der Waals surface area contributed by atoms with Gasteiger partial charge in [-0.25, -0.2) is 9.99 Å². The van der Waals surface area contributed by atoms with E-state index in [9.17, 15) is 55.2 Å². The molecule has 0 radical (unpaired) electrons. The molecule has 3 heterocycles. The van der Waals surface area contributed by atoms with Crippen LogP contribution in [0.4, 0.5) is 0 Å². The molecule has 1 saturated heterocycles. The normalized spacial score (nSPS) is 24.1. The number of carbonyl (C=O) groups excluding carboxylic acids is 3. The lowest BCUT2D eigenvalue weighted by atomic mass is 9.73. The van der Waals surface area contributed by atoms with E-state index in [-0.39, 0.29) is 82.8 Å². The fraction of sp³-hybridized carbons (Fsp3) is 0.360. The van der Waals surface area contributed by atoms with Crippen LogP contribution in [0.1, 0.15) is 95.9 Å². The van der Waals surface area contributed by atoms with Crippen LogP contribution in [-0.4, -0.2) is 127 Å². The number of aromatic hydroxyl groups is 5. The Labute approximate surface area is 406 Å². The van der Waals surface area contributed by atoms with Gasteiger partial charge in [0.05, 0.1) is 65.7 Å². The Kier molecular flexibility index (Phi) is 13.9. The van der Waals surface area contributed by atoms with Crippen molar-refractivity contribution in [2.45, 2.75) is 102 Å². The van der Waals surface area contributed by atoms with Crippen molar-refractivity contribution >= 4 is 34.1 Å². The number of hydrogen-bond acceptors (Lipinski definition) is 18. The van der Waals surface area contributed by atoms with Crippen molar-refractivity contribution in [2.75, 3.05) is 13.7 Å². The summed E-state index contributed by atoms with van der Waals surface area (Å²) >= 11 is 0. The molecular weight excluding hydrogens is 923 g/mol. The number of hydrazone groups is 1. The fourth-order valence-electron chi connectivity index (χ4n) is 9.40. The number of benzene rings is 3. The molecule has 21 nitrogen and oxygen atoms in total. The smallest absolute Gasteiger partial charge is 0.319 e. The largest absolute Gasteiger partial charge is 0.508 e. The van der Waals surface area contributed by atoms with Gasteiger partial charge < -0.3 is 65.4 Å². The van der Waals surface area contributed by atoms with Crippen LogP contribution in [0.25, 0.3) is 28.0 Å². The van der Waals surface area contributed by atoms with E-state index in [4.69, 9.17) is 19.9 Å². The van der Waals surface area contributed by atoms with Crippen molar-refractivity contribution in [1.82, 2.24) is 24.8 Å². The van der Waals surface area contributed by atoms with Gasteiger partial charge in [0, 0.05) is 79.0 Å². The summed E-state index contributed by atoms with van der Waals surface area (Å²) in [5.41, 5.74) is 6.19. The maximum absolute atomic E-state index is 14.1. The van der Waals surface area contributed by atoms with Crippen LogP contribution in [0.15, 0.2) is 83.8 Å². The summed E-state index contributed by atoms with van der Waals surface area (Å²) in [6.45, 7) is 8.37. The maximum Gasteiger partial charge on any atom is 0.319 e. The first-order valence-corrected chi connectivity index (χ1v) is 22.8. The van der Waals surface area contributed by atoms with Crippen molar-refractivity contribution in [3.05, 3.63) is 107 Å². The molecule has 1 fully saturated rings. The Morgan fingerprint density at radius 2 is 1.83 bits per heavy atom. The third-order valence-electron chi connectivity index (χ3n) is 13.2. The highest BCUT2D eigenvalue weighted by Gasteiger charge is 2.48. The molecule has 0 saturated carbocycles. The molecule has 2 aliphatic carbocycles. The Hall–Kier alpha value is -7.40. The second-order valence-corrected chi connectivity index (χ2v) is 18.1. The number of aliphatic hydroxyl groups is 3. The number of phenolic OH excluding ortho intramolecular Hbond substituents is 4. The van der Waals surface area contributed by atoms with Crippen LogP contribution in [0.3, 0.4) is 0 Å². The van der Waals surface area contributed by atoms with Crippen LogP contribution >= 0.6 is 0 Å². The monoisotopic (exact) mass is 977 g/mol. The number of ketones is 2. The average molecular weight is 978 g/mol. The van der Waals surface area contributed by atoms with E-state index >= 15 is 0 Å². The SMILES string of the molecule is C=C1C(=O)c2c(O)c3c(c(O)c2C(=O)C/C=C\C=C/1OC)C[C@@](O)(/C(CO)=N/NC(=O)CCn1ccc2cc(-n4c(O)nnc4-c4cc(C(C)C)c(O)cc4O)ccc21)CC3OC1CC(N)C(O)C(C)O1. The van der Waals surface area contributed by atoms with E-state index in [2.05, 4.69) is 27.3 Å². The first-order valence-electron chi connectivity index (χ1n) is 22.8. The van der Waals surface area contributed by atoms with Gasteiger partial charge in [-0.1, -0.05) is 37.7 Å². The van der Waals surface area contributed by atoms with Crippen molar-refractivity contribution in [3.8, 4) is 46.1 Å². The molecule has 3 aromatic carbocycles. The van der Waals surface area contributed by atoms with Gasteiger partial charge in [0.25, 0.3) is 0 Å². The molecule has 11 N–H and O–H groups in total. The van der Waals surface area contributed by atoms with Gasteiger partial charge in [0.15, 0.2) is 17.9 Å². The van der Waals surface area contributed by atoms with E-state index in [1.54, 1.807) is 48.0 Å². The topological polar surface area (TPSA) is 327 Å². The third kappa shape index (κ3) is 9.37. The van der Waals surface area contributed by atoms with Gasteiger partial charge >= 0.3 is 6.01 Å². The van der Waals surface area contributed by atoms with E-state index in [0.717, 1.165) is 0 Å². The molecule has 1 aliphatic heterocycles. The lowest BCUT2D eigenvalue weighted by Gasteiger charge is -2.42. The second-order valence-electron chi connectivity index (χ2n) is 18.1. The number of rotatable bonds is 12. The first kappa shape index (κ1) is 50.0. The molecule has 0 bridgehead atoms. The van der Waals surface area contributed by atoms with Gasteiger partial charge in [0.2, 0.25) is 11.7 Å². The zero-order chi connectivity index (χ0) is 51.2. The first-order chi connectivity index (χ1) is 33.8. The number of aliphatic hydroxyl groups excluding tert-OH is 2. The van der Waals surface area contributed by atoms with Crippen molar-refractivity contribution in [1.29, 1.82) is 0 Å². The number of hydrogen-bond donors (Lipinski definition) is 10. The molecule has 0 spiro atoms. The highest BCUT2D eigenvalue weighted by molar-refractivity contribution is 6.20. The van der Waals surface area contributed by atoms with Crippen molar-refractivity contribution in [3.63, 3.8) is 0 Å². The number of fused-ring (bicyclic) bond motifs is 3. The molecule has 21 heteroatoms. The fourth-order valence-corrected chi connectivity index (χ4v) is 9.40. The van der Waals surface area contributed by atoms with Crippen LogP contribution in [0, 0.1) is 0 Å². The Morgan fingerprint density at radius 3 is 2.54 bits per heavy atom. The number of nitrogens with zero attached hydrogens (tertiary/aromatic N) is 5. The van der Waals surface area contributed by atoms with E-state index in [1.807, 2.05) is 13.8 Å². The molecule has 1 amide bonds. The van der Waals surface area contributed by atoms with Gasteiger partial charge in [-0.3, -0.25) is 14.4 Å². The van der Waals surface area contributed by atoms with Crippen LogP contribution < -0.4 is 11.2 Å². The summed E-state index contributed by atoms with van der Waals surface area (Å²) in [6.07, 6.45) is 0.0306. The summed E-state index contributed by atoms with van der Waals surface area (Å²) in [4.78, 5) is 41.3. The van der Waals surface area contributed by atoms with Gasteiger partial charge in [0.1, 0.15) is 34.4 Å². The predicted molar refractivity (Wildman–Crippen MR) is 255 cm³/mol. The van der Waals surface area contributed by atoms with Gasteiger partial charge in [-0.2, -0.15) is 5.10 Å². The van der Waals surface area contributed by atoms with E-state index < -0.39 is 102 Å². The van der Waals surface area contributed by atoms with E-state index in [0.29, 0.717) is 22.2 Å². The molecule has 5 aromatic rings. The number of methoxy groups -OCH3 is 1. The van der Waals surface area contributed by atoms with Crippen LogP contribution in [-0.2, 0) is 32.0 Å². The third-order valence-corrected chi connectivity index (χ3v) is 13.2. The summed E-state index contributed by atoms with van der Waals surface area (Å²) in [5, 5.41) is 102. The number of nitrogens with two attached hydrogens (primary N) is 1. The maximum atomic E-state index is 14.1.